The van der Waals surface area contributed by atoms with Gasteiger partial charge < -0.3 is 16.0 Å². The zero-order valence-corrected chi connectivity index (χ0v) is 13.1. The third-order valence-electron chi connectivity index (χ3n) is 3.80. The Balaban J connectivity index is 1.87. The normalized spacial score (nSPS) is 14.2. The van der Waals surface area contributed by atoms with Gasteiger partial charge in [-0.25, -0.2) is 4.98 Å². The number of hydrogen-bond acceptors (Lipinski definition) is 4. The molecule has 7 heteroatoms. The smallest absolute Gasteiger partial charge is 0.251 e. The molecule has 0 atom stereocenters. The summed E-state index contributed by atoms with van der Waals surface area (Å²) in [5.74, 6) is 0.222. The minimum atomic E-state index is -0.528. The Morgan fingerprint density at radius 2 is 2.23 bits per heavy atom. The molecule has 0 radical (unpaired) electrons. The van der Waals surface area contributed by atoms with E-state index in [1.807, 2.05) is 0 Å². The van der Waals surface area contributed by atoms with Crippen LogP contribution in [0.15, 0.2) is 18.2 Å². The van der Waals surface area contributed by atoms with E-state index in [2.05, 4.69) is 21.4 Å². The first-order chi connectivity index (χ1) is 10.6. The Labute approximate surface area is 135 Å². The molecule has 1 amide bonds. The fraction of sp³-hybridized carbons (Fsp3) is 0.200. The molecule has 0 aliphatic carbocycles. The molecule has 0 unspecified atom stereocenters. The summed E-state index contributed by atoms with van der Waals surface area (Å²) in [4.78, 5) is 21.8. The van der Waals surface area contributed by atoms with Crippen LogP contribution in [0.1, 0.15) is 20.8 Å². The number of nitrogens with one attached hydrogen (secondary N) is 2. The van der Waals surface area contributed by atoms with Gasteiger partial charge in [0.1, 0.15) is 11.3 Å². The summed E-state index contributed by atoms with van der Waals surface area (Å²) in [6.45, 7) is 1.91. The molecular formula is C15H13ClN4OS. The van der Waals surface area contributed by atoms with Crippen molar-refractivity contribution < 1.29 is 4.79 Å². The largest absolute Gasteiger partial charge is 0.366 e. The van der Waals surface area contributed by atoms with Crippen LogP contribution in [0.25, 0.3) is 21.7 Å². The predicted molar refractivity (Wildman–Crippen MR) is 88.3 cm³/mol. The summed E-state index contributed by atoms with van der Waals surface area (Å²) in [6.07, 6.45) is 1.03. The topological polar surface area (TPSA) is 83.8 Å². The van der Waals surface area contributed by atoms with E-state index in [0.29, 0.717) is 16.1 Å². The number of fused-ring (bicyclic) bond motifs is 2. The number of thiophene rings is 1. The standard InChI is InChI=1S/C15H13ClN4OS/c16-8-4-9(14(17)21)13-10(5-8)19-15(20-13)11-3-7-1-2-18-6-12(7)22-11/h3-5,18H,1-2,6H2,(H2,17,21)(H,19,20). The molecule has 0 saturated carbocycles. The van der Waals surface area contributed by atoms with Crippen LogP contribution in [0.4, 0.5) is 0 Å². The van der Waals surface area contributed by atoms with Crippen molar-refractivity contribution in [2.75, 3.05) is 6.54 Å². The first-order valence-electron chi connectivity index (χ1n) is 6.93. The number of amides is 1. The van der Waals surface area contributed by atoms with Crippen molar-refractivity contribution in [2.24, 2.45) is 5.73 Å². The number of aromatic amines is 1. The lowest BCUT2D eigenvalue weighted by Gasteiger charge is -2.10. The van der Waals surface area contributed by atoms with Gasteiger partial charge in [-0.05, 0) is 36.7 Å². The van der Waals surface area contributed by atoms with Crippen molar-refractivity contribution in [3.63, 3.8) is 0 Å². The maximum Gasteiger partial charge on any atom is 0.251 e. The molecule has 2 aromatic heterocycles. The second-order valence-electron chi connectivity index (χ2n) is 5.29. The number of imidazole rings is 1. The summed E-state index contributed by atoms with van der Waals surface area (Å²) >= 11 is 7.76. The average molecular weight is 333 g/mol. The van der Waals surface area contributed by atoms with Crippen LogP contribution < -0.4 is 11.1 Å². The first-order valence-corrected chi connectivity index (χ1v) is 8.13. The minimum Gasteiger partial charge on any atom is -0.366 e. The molecular weight excluding hydrogens is 320 g/mol. The number of aromatic nitrogens is 2. The van der Waals surface area contributed by atoms with Gasteiger partial charge in [0.05, 0.1) is 16.0 Å². The van der Waals surface area contributed by atoms with Crippen molar-refractivity contribution in [2.45, 2.75) is 13.0 Å². The molecule has 1 aliphatic heterocycles. The second-order valence-corrected chi connectivity index (χ2v) is 6.86. The fourth-order valence-corrected chi connectivity index (χ4v) is 4.10. The lowest BCUT2D eigenvalue weighted by molar-refractivity contribution is 0.100. The van der Waals surface area contributed by atoms with Gasteiger partial charge in [-0.2, -0.15) is 0 Å². The molecule has 3 heterocycles. The Kier molecular flexibility index (Phi) is 3.18. The van der Waals surface area contributed by atoms with Crippen LogP contribution in [0.5, 0.6) is 0 Å². The van der Waals surface area contributed by atoms with E-state index < -0.39 is 5.91 Å². The molecule has 112 valence electrons. The second kappa shape index (κ2) is 5.08. The van der Waals surface area contributed by atoms with Crippen molar-refractivity contribution in [1.29, 1.82) is 0 Å². The number of H-pyrrole nitrogens is 1. The van der Waals surface area contributed by atoms with Crippen molar-refractivity contribution in [3.05, 3.63) is 39.2 Å². The van der Waals surface area contributed by atoms with Gasteiger partial charge >= 0.3 is 0 Å². The highest BCUT2D eigenvalue weighted by molar-refractivity contribution is 7.15. The third-order valence-corrected chi connectivity index (χ3v) is 5.21. The van der Waals surface area contributed by atoms with Gasteiger partial charge in [-0.1, -0.05) is 11.6 Å². The minimum absolute atomic E-state index is 0.341. The zero-order valence-electron chi connectivity index (χ0n) is 11.6. The van der Waals surface area contributed by atoms with Crippen LogP contribution >= 0.6 is 22.9 Å². The molecule has 1 aliphatic rings. The van der Waals surface area contributed by atoms with Crippen LogP contribution in [0, 0.1) is 0 Å². The molecule has 0 spiro atoms. The van der Waals surface area contributed by atoms with Gasteiger partial charge in [0.15, 0.2) is 0 Å². The molecule has 0 saturated heterocycles. The lowest BCUT2D eigenvalue weighted by atomic mass is 10.1. The van der Waals surface area contributed by atoms with E-state index >= 15 is 0 Å². The van der Waals surface area contributed by atoms with E-state index in [-0.39, 0.29) is 0 Å². The van der Waals surface area contributed by atoms with Crippen LogP contribution in [-0.4, -0.2) is 22.4 Å². The Hall–Kier alpha value is -1.89. The molecule has 0 bridgehead atoms. The van der Waals surface area contributed by atoms with Crippen molar-refractivity contribution in [1.82, 2.24) is 15.3 Å². The average Bonchev–Trinajstić information content (AvgIpc) is 3.09. The molecule has 22 heavy (non-hydrogen) atoms. The summed E-state index contributed by atoms with van der Waals surface area (Å²) in [6, 6.07) is 5.49. The zero-order chi connectivity index (χ0) is 15.3. The van der Waals surface area contributed by atoms with E-state index in [1.165, 1.54) is 10.4 Å². The van der Waals surface area contributed by atoms with Gasteiger partial charge in [-0.3, -0.25) is 4.79 Å². The number of primary amides is 1. The number of nitrogens with zero attached hydrogens (tertiary/aromatic N) is 1. The molecule has 4 N–H and O–H groups in total. The lowest BCUT2D eigenvalue weighted by Crippen LogP contribution is -2.21. The number of carbonyl (C=O) groups is 1. The molecule has 3 aromatic rings. The monoisotopic (exact) mass is 332 g/mol. The maximum atomic E-state index is 11.6. The third kappa shape index (κ3) is 2.20. The summed E-state index contributed by atoms with van der Waals surface area (Å²) in [5, 5.41) is 3.83. The molecule has 1 aromatic carbocycles. The molecule has 0 fully saturated rings. The quantitative estimate of drug-likeness (QED) is 0.674. The Morgan fingerprint density at radius 3 is 3.00 bits per heavy atom. The number of carbonyl (C=O) groups excluding carboxylic acids is 1. The highest BCUT2D eigenvalue weighted by Crippen LogP contribution is 2.33. The first kappa shape index (κ1) is 13.8. The fourth-order valence-electron chi connectivity index (χ4n) is 2.76. The molecule has 4 rings (SSSR count). The Morgan fingerprint density at radius 1 is 1.36 bits per heavy atom. The molecule has 5 nitrogen and oxygen atoms in total. The highest BCUT2D eigenvalue weighted by Gasteiger charge is 2.18. The van der Waals surface area contributed by atoms with Crippen molar-refractivity contribution in [3.8, 4) is 10.7 Å². The summed E-state index contributed by atoms with van der Waals surface area (Å²) in [5.41, 5.74) is 8.42. The number of nitrogens with two attached hydrogens (primary N) is 1. The van der Waals surface area contributed by atoms with Gasteiger partial charge in [0.25, 0.3) is 5.91 Å². The van der Waals surface area contributed by atoms with Gasteiger partial charge in [-0.15, -0.1) is 11.3 Å². The van der Waals surface area contributed by atoms with E-state index in [4.69, 9.17) is 17.3 Å². The summed E-state index contributed by atoms with van der Waals surface area (Å²) in [7, 11) is 0. The maximum absolute atomic E-state index is 11.6. The van der Waals surface area contributed by atoms with Gasteiger partial charge in [0, 0.05) is 16.4 Å². The number of rotatable bonds is 2. The van der Waals surface area contributed by atoms with Crippen LogP contribution in [0.2, 0.25) is 5.02 Å². The Bertz CT molecular complexity index is 875. The number of benzene rings is 1. The highest BCUT2D eigenvalue weighted by atomic mass is 35.5. The van der Waals surface area contributed by atoms with Crippen LogP contribution in [-0.2, 0) is 13.0 Å². The predicted octanol–water partition coefficient (Wildman–Crippen LogP) is 2.69. The number of halogens is 1. The van der Waals surface area contributed by atoms with Crippen molar-refractivity contribution >= 4 is 39.9 Å². The van der Waals surface area contributed by atoms with Crippen LogP contribution in [0.3, 0.4) is 0 Å². The number of hydrogen-bond donors (Lipinski definition) is 3. The van der Waals surface area contributed by atoms with E-state index in [1.54, 1.807) is 23.5 Å². The van der Waals surface area contributed by atoms with E-state index in [0.717, 1.165) is 35.7 Å². The SMILES string of the molecule is NC(=O)c1cc(Cl)cc2[nH]c(-c3cc4c(s3)CNCC4)nc12. The summed E-state index contributed by atoms with van der Waals surface area (Å²) < 4.78 is 0. The van der Waals surface area contributed by atoms with Gasteiger partial charge in [0.2, 0.25) is 0 Å². The van der Waals surface area contributed by atoms with E-state index in [9.17, 15) is 4.79 Å².